The van der Waals surface area contributed by atoms with Gasteiger partial charge in [0.05, 0.1) is 12.2 Å². The zero-order valence-electron chi connectivity index (χ0n) is 15.4. The average molecular weight is 318 g/mol. The van der Waals surface area contributed by atoms with E-state index < -0.39 is 13.9 Å². The zero-order chi connectivity index (χ0) is 16.7. The van der Waals surface area contributed by atoms with Crippen LogP contribution in [0.3, 0.4) is 0 Å². The summed E-state index contributed by atoms with van der Waals surface area (Å²) in [5, 5.41) is 12.0. The summed E-state index contributed by atoms with van der Waals surface area (Å²) >= 11 is 0. The summed E-state index contributed by atoms with van der Waals surface area (Å²) in [6, 6.07) is 0. The first-order valence-corrected chi connectivity index (χ1v) is 11.4. The van der Waals surface area contributed by atoms with Gasteiger partial charge in [0.1, 0.15) is 0 Å². The van der Waals surface area contributed by atoms with Crippen molar-refractivity contribution >= 4 is 8.32 Å². The molecule has 5 heteroatoms. The molecule has 0 aromatic carbocycles. The topological polar surface area (TPSA) is 41.9 Å². The van der Waals surface area contributed by atoms with E-state index in [0.717, 1.165) is 12.8 Å². The van der Waals surface area contributed by atoms with Crippen LogP contribution in [-0.4, -0.2) is 47.9 Å². The predicted molar refractivity (Wildman–Crippen MR) is 89.7 cm³/mol. The third-order valence-electron chi connectivity index (χ3n) is 3.62. The minimum absolute atomic E-state index is 0.114. The van der Waals surface area contributed by atoms with Crippen LogP contribution in [0.1, 0.15) is 54.4 Å². The summed E-state index contributed by atoms with van der Waals surface area (Å²) in [5.41, 5.74) is -1.05. The fourth-order valence-corrected chi connectivity index (χ4v) is 4.49. The molecule has 0 spiro atoms. The Kier molecular flexibility index (Phi) is 5.39. The summed E-state index contributed by atoms with van der Waals surface area (Å²) in [7, 11) is -1.54. The van der Waals surface area contributed by atoms with Crippen molar-refractivity contribution < 1.29 is 14.4 Å². The van der Waals surface area contributed by atoms with Gasteiger partial charge < -0.3 is 9.53 Å². The maximum atomic E-state index is 9.92. The molecule has 4 nitrogen and oxygen atoms in total. The van der Waals surface area contributed by atoms with Crippen molar-refractivity contribution in [3.63, 3.8) is 0 Å². The maximum Gasteiger partial charge on any atom is 0.184 e. The lowest BCUT2D eigenvalue weighted by Crippen LogP contribution is -2.63. The minimum Gasteiger partial charge on any atom is -0.415 e. The van der Waals surface area contributed by atoms with E-state index >= 15 is 0 Å². The average Bonchev–Trinajstić information content (AvgIpc) is 2.06. The van der Waals surface area contributed by atoms with E-state index in [2.05, 4.69) is 52.4 Å². The smallest absolute Gasteiger partial charge is 0.184 e. The molecule has 0 radical (unpaired) electrons. The Bertz CT molecular complexity index is 338. The summed E-state index contributed by atoms with van der Waals surface area (Å²) in [4.78, 5) is 6.00. The first kappa shape index (κ1) is 19.1. The second-order valence-corrected chi connectivity index (χ2v) is 13.7. The normalized spacial score (nSPS) is 24.3. The monoisotopic (exact) mass is 317 g/mol. The number of hydrogen-bond donors (Lipinski definition) is 1. The number of hydroxylamine groups is 2. The van der Waals surface area contributed by atoms with Crippen LogP contribution in [0.5, 0.6) is 0 Å². The van der Waals surface area contributed by atoms with Gasteiger partial charge in [-0.2, -0.15) is 5.06 Å². The summed E-state index contributed by atoms with van der Waals surface area (Å²) in [6.45, 7) is 19.3. The van der Waals surface area contributed by atoms with Crippen molar-refractivity contribution in [2.45, 2.75) is 96.8 Å². The van der Waals surface area contributed by atoms with Gasteiger partial charge in [-0.1, -0.05) is 0 Å². The summed E-state index contributed by atoms with van der Waals surface area (Å²) in [6.07, 6.45) is 2.18. The molecule has 21 heavy (non-hydrogen) atoms. The summed E-state index contributed by atoms with van der Waals surface area (Å²) in [5.74, 6) is 0. The van der Waals surface area contributed by atoms with E-state index in [1.807, 2.05) is 0 Å². The van der Waals surface area contributed by atoms with Crippen LogP contribution in [0.25, 0.3) is 0 Å². The first-order valence-electron chi connectivity index (χ1n) is 7.96. The third kappa shape index (κ3) is 5.98. The molecule has 126 valence electrons. The lowest BCUT2D eigenvalue weighted by Gasteiger charge is -2.54. The van der Waals surface area contributed by atoms with E-state index in [-0.39, 0.29) is 17.2 Å². The molecule has 0 amide bonds. The molecule has 0 aliphatic carbocycles. The minimum atomic E-state index is -1.54. The number of rotatable bonds is 5. The highest BCUT2D eigenvalue weighted by molar-refractivity contribution is 6.69. The fraction of sp³-hybridized carbons (Fsp3) is 1.00. The fourth-order valence-electron chi connectivity index (χ4n) is 3.33. The van der Waals surface area contributed by atoms with Crippen LogP contribution in [0.15, 0.2) is 0 Å². The van der Waals surface area contributed by atoms with Crippen LogP contribution in [-0.2, 0) is 9.26 Å². The standard InChI is InChI=1S/C16H35NO3Si/c1-14(2)10-13(20-21(7,8)9)11-15(3,4)17(14)19-12-16(5,6)18/h13,18H,10-12H2,1-9H3. The third-order valence-corrected chi connectivity index (χ3v) is 4.66. The van der Waals surface area contributed by atoms with Gasteiger partial charge >= 0.3 is 0 Å². The number of aliphatic hydroxyl groups is 1. The molecule has 0 aromatic rings. The Hall–Kier alpha value is 0.0569. The highest BCUT2D eigenvalue weighted by Gasteiger charge is 2.48. The molecule has 1 rings (SSSR count). The van der Waals surface area contributed by atoms with E-state index in [1.165, 1.54) is 0 Å². The van der Waals surface area contributed by atoms with Gasteiger partial charge in [-0.05, 0) is 74.0 Å². The molecular weight excluding hydrogens is 282 g/mol. The number of nitrogens with zero attached hydrogens (tertiary/aromatic N) is 1. The molecule has 1 fully saturated rings. The van der Waals surface area contributed by atoms with Gasteiger partial charge in [0.25, 0.3) is 0 Å². The molecule has 1 saturated heterocycles. The molecule has 1 N–H and O–H groups in total. The maximum absolute atomic E-state index is 9.92. The Morgan fingerprint density at radius 3 is 1.86 bits per heavy atom. The molecule has 1 aliphatic heterocycles. The van der Waals surface area contributed by atoms with Crippen LogP contribution in [0.4, 0.5) is 0 Å². The Labute approximate surface area is 131 Å². The molecule has 1 aliphatic rings. The van der Waals surface area contributed by atoms with Gasteiger partial charge in [0, 0.05) is 17.2 Å². The van der Waals surface area contributed by atoms with Gasteiger partial charge in [-0.15, -0.1) is 0 Å². The first-order chi connectivity index (χ1) is 9.12. The van der Waals surface area contributed by atoms with Crippen molar-refractivity contribution in [3.8, 4) is 0 Å². The molecule has 0 atom stereocenters. The zero-order valence-corrected chi connectivity index (χ0v) is 16.4. The van der Waals surface area contributed by atoms with Crippen molar-refractivity contribution in [2.24, 2.45) is 0 Å². The number of hydrogen-bond acceptors (Lipinski definition) is 4. The lowest BCUT2D eigenvalue weighted by atomic mass is 9.80. The molecule has 0 saturated carbocycles. The largest absolute Gasteiger partial charge is 0.415 e. The van der Waals surface area contributed by atoms with Gasteiger partial charge in [0.2, 0.25) is 0 Å². The number of piperidine rings is 1. The molecular formula is C16H35NO3Si. The van der Waals surface area contributed by atoms with E-state index in [0.29, 0.717) is 6.61 Å². The van der Waals surface area contributed by atoms with Crippen LogP contribution < -0.4 is 0 Å². The molecule has 0 aromatic heterocycles. The lowest BCUT2D eigenvalue weighted by molar-refractivity contribution is -0.305. The molecule has 0 unspecified atom stereocenters. The second-order valence-electron chi connectivity index (χ2n) is 9.27. The van der Waals surface area contributed by atoms with Gasteiger partial charge in [-0.25, -0.2) is 0 Å². The van der Waals surface area contributed by atoms with Crippen molar-refractivity contribution in [1.82, 2.24) is 5.06 Å². The SMILES string of the molecule is CC(C)(O)CON1C(C)(C)CC(O[Si](C)(C)C)CC1(C)C. The second kappa shape index (κ2) is 5.93. The van der Waals surface area contributed by atoms with Gasteiger partial charge in [0.15, 0.2) is 8.32 Å². The van der Waals surface area contributed by atoms with Crippen molar-refractivity contribution in [2.75, 3.05) is 6.61 Å². The highest BCUT2D eigenvalue weighted by atomic mass is 28.4. The van der Waals surface area contributed by atoms with Gasteiger partial charge in [-0.3, -0.25) is 4.84 Å². The molecule has 1 heterocycles. The summed E-state index contributed by atoms with van der Waals surface area (Å²) < 4.78 is 6.35. The Morgan fingerprint density at radius 1 is 1.10 bits per heavy atom. The van der Waals surface area contributed by atoms with Crippen LogP contribution in [0.2, 0.25) is 19.6 Å². The Balaban J connectivity index is 2.84. The predicted octanol–water partition coefficient (Wildman–Crippen LogP) is 3.56. The quantitative estimate of drug-likeness (QED) is 0.787. The molecule has 0 bridgehead atoms. The van der Waals surface area contributed by atoms with E-state index in [9.17, 15) is 5.11 Å². The van der Waals surface area contributed by atoms with Crippen molar-refractivity contribution in [1.29, 1.82) is 0 Å². The van der Waals surface area contributed by atoms with E-state index in [4.69, 9.17) is 9.26 Å². The van der Waals surface area contributed by atoms with E-state index in [1.54, 1.807) is 13.8 Å². The van der Waals surface area contributed by atoms with Crippen LogP contribution in [0, 0.1) is 0 Å². The highest BCUT2D eigenvalue weighted by Crippen LogP contribution is 2.40. The van der Waals surface area contributed by atoms with Crippen LogP contribution >= 0.6 is 0 Å². The van der Waals surface area contributed by atoms with Crippen molar-refractivity contribution in [3.05, 3.63) is 0 Å². The Morgan fingerprint density at radius 2 is 1.52 bits per heavy atom.